The molecular formula is C6H11O. The third-order valence-corrected chi connectivity index (χ3v) is 1.30. The molecule has 1 fully saturated rings. The van der Waals surface area contributed by atoms with Crippen LogP contribution in [0.3, 0.4) is 0 Å². The molecule has 0 amide bonds. The molecule has 0 N–H and O–H groups in total. The summed E-state index contributed by atoms with van der Waals surface area (Å²) < 4.78 is 5.10. The molecule has 0 saturated carbocycles. The number of hydrogen-bond acceptors (Lipinski definition) is 1. The van der Waals surface area contributed by atoms with Crippen LogP contribution in [0.25, 0.3) is 0 Å². The maximum absolute atomic E-state index is 5.10. The topological polar surface area (TPSA) is 9.23 Å². The molecule has 0 aliphatic carbocycles. The second-order valence-electron chi connectivity index (χ2n) is 2.61. The molecule has 41 valence electrons. The lowest BCUT2D eigenvalue weighted by atomic mass is 9.94. The van der Waals surface area contributed by atoms with Crippen molar-refractivity contribution in [3.8, 4) is 0 Å². The Kier molecular flexibility index (Phi) is 1.08. The second kappa shape index (κ2) is 1.48. The molecule has 0 aromatic heterocycles. The van der Waals surface area contributed by atoms with Crippen LogP contribution in [0.1, 0.15) is 13.3 Å². The minimum absolute atomic E-state index is 0.222. The predicted molar refractivity (Wildman–Crippen MR) is 28.9 cm³/mol. The molecule has 1 heteroatoms. The van der Waals surface area contributed by atoms with Crippen LogP contribution in [-0.4, -0.2) is 13.2 Å². The van der Waals surface area contributed by atoms with Crippen molar-refractivity contribution in [1.82, 2.24) is 0 Å². The Balaban J connectivity index is 2.40. The van der Waals surface area contributed by atoms with Crippen molar-refractivity contribution >= 4 is 0 Å². The Labute approximate surface area is 44.7 Å². The van der Waals surface area contributed by atoms with Gasteiger partial charge in [0.2, 0.25) is 0 Å². The lowest BCUT2D eigenvalue weighted by Crippen LogP contribution is -2.09. The van der Waals surface area contributed by atoms with Crippen LogP contribution in [0, 0.1) is 12.3 Å². The van der Waals surface area contributed by atoms with Gasteiger partial charge in [0.15, 0.2) is 0 Å². The first-order valence-electron chi connectivity index (χ1n) is 2.64. The summed E-state index contributed by atoms with van der Waals surface area (Å²) in [5, 5.41) is 0. The third-order valence-electron chi connectivity index (χ3n) is 1.30. The van der Waals surface area contributed by atoms with Crippen LogP contribution >= 0.6 is 0 Å². The molecule has 1 atom stereocenters. The van der Waals surface area contributed by atoms with Gasteiger partial charge in [-0.05, 0) is 18.8 Å². The van der Waals surface area contributed by atoms with Gasteiger partial charge in [0.05, 0.1) is 6.61 Å². The molecule has 1 aliphatic heterocycles. The highest BCUT2D eigenvalue weighted by Gasteiger charge is 2.23. The molecule has 1 radical (unpaired) electrons. The van der Waals surface area contributed by atoms with Gasteiger partial charge in [-0.1, -0.05) is 6.92 Å². The van der Waals surface area contributed by atoms with E-state index < -0.39 is 0 Å². The maximum Gasteiger partial charge on any atom is 0.0520 e. The molecule has 1 saturated heterocycles. The van der Waals surface area contributed by atoms with Crippen molar-refractivity contribution in [2.45, 2.75) is 13.3 Å². The largest absolute Gasteiger partial charge is 0.381 e. The van der Waals surface area contributed by atoms with Gasteiger partial charge >= 0.3 is 0 Å². The Hall–Kier alpha value is -0.0400. The second-order valence-corrected chi connectivity index (χ2v) is 2.61. The average Bonchev–Trinajstić information content (AvgIpc) is 1.84. The SMILES string of the molecule is [CH2]C1(C)CCOC1. The minimum Gasteiger partial charge on any atom is -0.381 e. The lowest BCUT2D eigenvalue weighted by Gasteiger charge is -2.11. The summed E-state index contributed by atoms with van der Waals surface area (Å²) in [5.41, 5.74) is 0.222. The summed E-state index contributed by atoms with van der Waals surface area (Å²) in [6.45, 7) is 7.81. The van der Waals surface area contributed by atoms with Crippen molar-refractivity contribution in [2.24, 2.45) is 5.41 Å². The van der Waals surface area contributed by atoms with E-state index in [1.165, 1.54) is 0 Å². The normalized spacial score (nSPS) is 28.3. The zero-order chi connectivity index (χ0) is 5.33. The molecule has 1 nitrogen and oxygen atoms in total. The summed E-state index contributed by atoms with van der Waals surface area (Å²) in [7, 11) is 0. The van der Waals surface area contributed by atoms with E-state index in [0.717, 1.165) is 19.6 Å². The van der Waals surface area contributed by atoms with Gasteiger partial charge in [0.1, 0.15) is 0 Å². The van der Waals surface area contributed by atoms with E-state index in [1.54, 1.807) is 0 Å². The van der Waals surface area contributed by atoms with Gasteiger partial charge < -0.3 is 4.74 Å². The fourth-order valence-electron chi connectivity index (χ4n) is 0.709. The van der Waals surface area contributed by atoms with Crippen molar-refractivity contribution in [1.29, 1.82) is 0 Å². The van der Waals surface area contributed by atoms with Crippen molar-refractivity contribution in [3.63, 3.8) is 0 Å². The molecule has 0 aromatic rings. The fraction of sp³-hybridized carbons (Fsp3) is 0.833. The molecule has 0 spiro atoms. The lowest BCUT2D eigenvalue weighted by molar-refractivity contribution is 0.174. The maximum atomic E-state index is 5.10. The number of ether oxygens (including phenoxy) is 1. The van der Waals surface area contributed by atoms with Crippen LogP contribution in [0.15, 0.2) is 0 Å². The van der Waals surface area contributed by atoms with Crippen molar-refractivity contribution in [3.05, 3.63) is 6.92 Å². The molecular weight excluding hydrogens is 88.1 g/mol. The highest BCUT2D eigenvalue weighted by atomic mass is 16.5. The van der Waals surface area contributed by atoms with Crippen molar-refractivity contribution < 1.29 is 4.74 Å². The summed E-state index contributed by atoms with van der Waals surface area (Å²) in [5.74, 6) is 0. The Morgan fingerprint density at radius 3 is 2.57 bits per heavy atom. The first-order chi connectivity index (χ1) is 3.21. The van der Waals surface area contributed by atoms with Gasteiger partial charge in [0.25, 0.3) is 0 Å². The van der Waals surface area contributed by atoms with Gasteiger partial charge in [-0.15, -0.1) is 0 Å². The van der Waals surface area contributed by atoms with Crippen LogP contribution < -0.4 is 0 Å². The first-order valence-corrected chi connectivity index (χ1v) is 2.64. The Morgan fingerprint density at radius 1 is 1.71 bits per heavy atom. The van der Waals surface area contributed by atoms with Crippen LogP contribution in [0.4, 0.5) is 0 Å². The van der Waals surface area contributed by atoms with Gasteiger partial charge in [-0.3, -0.25) is 0 Å². The summed E-state index contributed by atoms with van der Waals surface area (Å²) >= 11 is 0. The summed E-state index contributed by atoms with van der Waals surface area (Å²) in [6.07, 6.45) is 1.12. The molecule has 0 aromatic carbocycles. The monoisotopic (exact) mass is 99.1 g/mol. The third kappa shape index (κ3) is 1.16. The molecule has 7 heavy (non-hydrogen) atoms. The molecule has 1 unspecified atom stereocenters. The highest BCUT2D eigenvalue weighted by molar-refractivity contribution is 4.79. The standard InChI is InChI=1S/C6H11O/c1-6(2)3-4-7-5-6/h1,3-5H2,2H3. The fourth-order valence-corrected chi connectivity index (χ4v) is 0.709. The van der Waals surface area contributed by atoms with Crippen LogP contribution in [-0.2, 0) is 4.74 Å². The number of hydrogen-bond donors (Lipinski definition) is 0. The molecule has 1 rings (SSSR count). The smallest absolute Gasteiger partial charge is 0.0520 e. The Morgan fingerprint density at radius 2 is 2.43 bits per heavy atom. The van der Waals surface area contributed by atoms with E-state index in [0.29, 0.717) is 0 Å². The van der Waals surface area contributed by atoms with Gasteiger partial charge in [-0.25, -0.2) is 0 Å². The zero-order valence-corrected chi connectivity index (χ0v) is 4.74. The van der Waals surface area contributed by atoms with Crippen molar-refractivity contribution in [2.75, 3.05) is 13.2 Å². The molecule has 0 bridgehead atoms. The first kappa shape index (κ1) is 5.10. The minimum atomic E-state index is 0.222. The van der Waals surface area contributed by atoms with E-state index >= 15 is 0 Å². The van der Waals surface area contributed by atoms with E-state index in [-0.39, 0.29) is 5.41 Å². The highest BCUT2D eigenvalue weighted by Crippen LogP contribution is 2.25. The van der Waals surface area contributed by atoms with E-state index in [1.807, 2.05) is 0 Å². The number of rotatable bonds is 0. The molecule has 1 aliphatic rings. The zero-order valence-electron chi connectivity index (χ0n) is 4.74. The van der Waals surface area contributed by atoms with E-state index in [4.69, 9.17) is 4.74 Å². The van der Waals surface area contributed by atoms with Gasteiger partial charge in [-0.2, -0.15) is 0 Å². The van der Waals surface area contributed by atoms with Crippen LogP contribution in [0.5, 0.6) is 0 Å². The summed E-state index contributed by atoms with van der Waals surface area (Å²) in [4.78, 5) is 0. The van der Waals surface area contributed by atoms with E-state index in [2.05, 4.69) is 13.8 Å². The van der Waals surface area contributed by atoms with E-state index in [9.17, 15) is 0 Å². The predicted octanol–water partition coefficient (Wildman–Crippen LogP) is 1.25. The van der Waals surface area contributed by atoms with Crippen LogP contribution in [0.2, 0.25) is 0 Å². The summed E-state index contributed by atoms with van der Waals surface area (Å²) in [6, 6.07) is 0. The Bertz CT molecular complexity index is 58.6. The molecule has 1 heterocycles. The average molecular weight is 99.2 g/mol. The van der Waals surface area contributed by atoms with Gasteiger partial charge in [0, 0.05) is 6.61 Å². The quantitative estimate of drug-likeness (QED) is 0.444.